The Morgan fingerprint density at radius 1 is 0.889 bits per heavy atom. The van der Waals surface area contributed by atoms with E-state index in [4.69, 9.17) is 0 Å². The van der Waals surface area contributed by atoms with E-state index >= 15 is 0 Å². The van der Waals surface area contributed by atoms with Crippen LogP contribution in [0.5, 0.6) is 0 Å². The minimum atomic E-state index is -0.00215. The summed E-state index contributed by atoms with van der Waals surface area (Å²) in [7, 11) is 0. The molecule has 0 atom stereocenters. The van der Waals surface area contributed by atoms with Crippen LogP contribution in [0.4, 0.5) is 0 Å². The summed E-state index contributed by atoms with van der Waals surface area (Å²) >= 11 is 0. The molecule has 0 heterocycles. The van der Waals surface area contributed by atoms with Crippen molar-refractivity contribution < 1.29 is 9.90 Å². The zero-order valence-electron chi connectivity index (χ0n) is 17.7. The third kappa shape index (κ3) is 10.3. The number of nitrogens with zero attached hydrogens (tertiary/aromatic N) is 1. The molecule has 27 heavy (non-hydrogen) atoms. The molecule has 0 saturated carbocycles. The van der Waals surface area contributed by atoms with Gasteiger partial charge in [-0.1, -0.05) is 64.3 Å². The number of ketones is 1. The fourth-order valence-corrected chi connectivity index (χ4v) is 3.11. The quantitative estimate of drug-likeness (QED) is 0.295. The maximum Gasteiger partial charge on any atom is 0.159 e. The monoisotopic (exact) mass is 373 g/mol. The van der Waals surface area contributed by atoms with Gasteiger partial charge in [-0.2, -0.15) is 0 Å². The van der Waals surface area contributed by atoms with Gasteiger partial charge in [0.25, 0.3) is 0 Å². The number of benzene rings is 1. The molecule has 3 nitrogen and oxygen atoms in total. The van der Waals surface area contributed by atoms with Crippen molar-refractivity contribution in [2.24, 2.45) is 0 Å². The zero-order valence-corrected chi connectivity index (χ0v) is 17.7. The second-order valence-corrected chi connectivity index (χ2v) is 7.45. The fourth-order valence-electron chi connectivity index (χ4n) is 3.11. The topological polar surface area (TPSA) is 40.5 Å². The minimum Gasteiger partial charge on any atom is -0.507 e. The highest BCUT2D eigenvalue weighted by molar-refractivity contribution is 5.95. The van der Waals surface area contributed by atoms with Crippen LogP contribution in [0.2, 0.25) is 0 Å². The predicted molar refractivity (Wildman–Crippen MR) is 116 cm³/mol. The Hall–Kier alpha value is -1.61. The summed E-state index contributed by atoms with van der Waals surface area (Å²) < 4.78 is 0. The van der Waals surface area contributed by atoms with Crippen LogP contribution in [0.1, 0.15) is 83.3 Å². The molecule has 0 aromatic heterocycles. The normalized spacial score (nSPS) is 11.9. The Morgan fingerprint density at radius 2 is 1.44 bits per heavy atom. The number of aliphatic hydroxyl groups is 1. The standard InChI is InChI=1S/C24H39NO2/c1-4-7-12-23(26)20-24(27)22-15-13-21(14-16-22)11-10-19-25(17-8-5-2)18-9-6-3/h13-16,20,27H,4-12,17-19H2,1-3H3/b24-20-. The van der Waals surface area contributed by atoms with E-state index in [-0.39, 0.29) is 11.5 Å². The minimum absolute atomic E-state index is 0.00215. The number of carbonyl (C=O) groups is 1. The number of aryl methyl sites for hydroxylation is 1. The Morgan fingerprint density at radius 3 is 2.00 bits per heavy atom. The highest BCUT2D eigenvalue weighted by Crippen LogP contribution is 2.15. The summed E-state index contributed by atoms with van der Waals surface area (Å²) in [4.78, 5) is 14.4. The SMILES string of the molecule is CCCCC(=O)/C=C(\O)c1ccc(CCCN(CCCC)CCCC)cc1. The van der Waals surface area contributed by atoms with Crippen molar-refractivity contribution in [3.05, 3.63) is 41.5 Å². The first-order valence-corrected chi connectivity index (χ1v) is 10.9. The number of unbranched alkanes of at least 4 members (excludes halogenated alkanes) is 3. The van der Waals surface area contributed by atoms with E-state index in [0.29, 0.717) is 6.42 Å². The van der Waals surface area contributed by atoms with Gasteiger partial charge < -0.3 is 10.0 Å². The Labute approximate surface area is 166 Å². The van der Waals surface area contributed by atoms with E-state index in [1.807, 2.05) is 12.1 Å². The van der Waals surface area contributed by atoms with Crippen molar-refractivity contribution in [1.82, 2.24) is 4.90 Å². The second-order valence-electron chi connectivity index (χ2n) is 7.45. The Bertz CT molecular complexity index is 540. The zero-order chi connectivity index (χ0) is 19.9. The van der Waals surface area contributed by atoms with Crippen LogP contribution in [-0.4, -0.2) is 35.4 Å². The molecule has 0 unspecified atom stereocenters. The van der Waals surface area contributed by atoms with Crippen LogP contribution in [0.15, 0.2) is 30.3 Å². The van der Waals surface area contributed by atoms with Crippen LogP contribution in [0, 0.1) is 0 Å². The summed E-state index contributed by atoms with van der Waals surface area (Å²) in [5.74, 6) is 0.0747. The maximum absolute atomic E-state index is 11.8. The molecule has 1 rings (SSSR count). The number of hydrogen-bond donors (Lipinski definition) is 1. The highest BCUT2D eigenvalue weighted by Gasteiger charge is 2.06. The van der Waals surface area contributed by atoms with E-state index in [1.165, 1.54) is 50.4 Å². The lowest BCUT2D eigenvalue weighted by atomic mass is 10.0. The molecule has 0 fully saturated rings. The third-order valence-electron chi connectivity index (χ3n) is 4.92. The Balaban J connectivity index is 2.48. The highest BCUT2D eigenvalue weighted by atomic mass is 16.3. The summed E-state index contributed by atoms with van der Waals surface area (Å²) in [5.41, 5.74) is 2.01. The number of aliphatic hydroxyl groups excluding tert-OH is 1. The largest absolute Gasteiger partial charge is 0.507 e. The molecule has 1 N–H and O–H groups in total. The molecular weight excluding hydrogens is 334 g/mol. The molecule has 0 bridgehead atoms. The smallest absolute Gasteiger partial charge is 0.159 e. The fraction of sp³-hybridized carbons (Fsp3) is 0.625. The molecule has 0 aliphatic heterocycles. The maximum atomic E-state index is 11.8. The van der Waals surface area contributed by atoms with Crippen LogP contribution in [-0.2, 0) is 11.2 Å². The molecule has 3 heteroatoms. The number of carbonyl (C=O) groups excluding carboxylic acids is 1. The van der Waals surface area contributed by atoms with Crippen molar-refractivity contribution >= 4 is 11.5 Å². The molecule has 0 radical (unpaired) electrons. The molecule has 1 aromatic rings. The van der Waals surface area contributed by atoms with Gasteiger partial charge in [0.1, 0.15) is 5.76 Å². The molecule has 152 valence electrons. The summed E-state index contributed by atoms with van der Waals surface area (Å²) in [6.45, 7) is 10.1. The number of rotatable bonds is 15. The molecular formula is C24H39NO2. The number of allylic oxidation sites excluding steroid dienone is 1. The summed E-state index contributed by atoms with van der Waals surface area (Å²) in [6, 6.07) is 7.97. The van der Waals surface area contributed by atoms with Gasteiger partial charge in [0.05, 0.1) is 0 Å². The van der Waals surface area contributed by atoms with Crippen LogP contribution in [0.25, 0.3) is 5.76 Å². The van der Waals surface area contributed by atoms with Gasteiger partial charge in [0.2, 0.25) is 0 Å². The van der Waals surface area contributed by atoms with Gasteiger partial charge in [0.15, 0.2) is 5.78 Å². The van der Waals surface area contributed by atoms with Gasteiger partial charge in [0, 0.05) is 18.1 Å². The van der Waals surface area contributed by atoms with E-state index in [1.54, 1.807) is 0 Å². The first-order valence-electron chi connectivity index (χ1n) is 10.9. The summed E-state index contributed by atoms with van der Waals surface area (Å²) in [5, 5.41) is 10.1. The van der Waals surface area contributed by atoms with Crippen LogP contribution < -0.4 is 0 Å². The molecule has 0 aliphatic carbocycles. The molecule has 0 aliphatic rings. The van der Waals surface area contributed by atoms with Crippen LogP contribution in [0.3, 0.4) is 0 Å². The number of hydrogen-bond acceptors (Lipinski definition) is 3. The average molecular weight is 374 g/mol. The van der Waals surface area contributed by atoms with Crippen molar-refractivity contribution in [1.29, 1.82) is 0 Å². The van der Waals surface area contributed by atoms with Gasteiger partial charge >= 0.3 is 0 Å². The lowest BCUT2D eigenvalue weighted by Gasteiger charge is -2.21. The van der Waals surface area contributed by atoms with E-state index in [2.05, 4.69) is 37.8 Å². The van der Waals surface area contributed by atoms with E-state index < -0.39 is 0 Å². The van der Waals surface area contributed by atoms with Crippen LogP contribution >= 0.6 is 0 Å². The van der Waals surface area contributed by atoms with Crippen molar-refractivity contribution in [3.63, 3.8) is 0 Å². The molecule has 1 aromatic carbocycles. The average Bonchev–Trinajstić information content (AvgIpc) is 2.68. The third-order valence-corrected chi connectivity index (χ3v) is 4.92. The predicted octanol–water partition coefficient (Wildman–Crippen LogP) is 6.18. The first-order chi connectivity index (χ1) is 13.1. The lowest BCUT2D eigenvalue weighted by Crippen LogP contribution is -2.27. The first kappa shape index (κ1) is 23.4. The van der Waals surface area contributed by atoms with Crippen molar-refractivity contribution in [2.45, 2.75) is 78.6 Å². The van der Waals surface area contributed by atoms with Gasteiger partial charge in [-0.05, 0) is 57.3 Å². The van der Waals surface area contributed by atoms with E-state index in [9.17, 15) is 9.90 Å². The molecule has 0 amide bonds. The van der Waals surface area contributed by atoms with Crippen molar-refractivity contribution in [2.75, 3.05) is 19.6 Å². The molecule has 0 saturated heterocycles. The van der Waals surface area contributed by atoms with E-state index in [0.717, 1.165) is 37.8 Å². The molecule has 0 spiro atoms. The summed E-state index contributed by atoms with van der Waals surface area (Å²) in [6.07, 6.45) is 11.0. The lowest BCUT2D eigenvalue weighted by molar-refractivity contribution is -0.114. The second kappa shape index (κ2) is 14.4. The van der Waals surface area contributed by atoms with Gasteiger partial charge in [-0.3, -0.25) is 4.79 Å². The van der Waals surface area contributed by atoms with Gasteiger partial charge in [-0.15, -0.1) is 0 Å². The van der Waals surface area contributed by atoms with Crippen molar-refractivity contribution in [3.8, 4) is 0 Å². The Kier molecular flexibility index (Phi) is 12.5. The van der Waals surface area contributed by atoms with Gasteiger partial charge in [-0.25, -0.2) is 0 Å².